The number of aldehydes is 1. The molecule has 4 rings (SSSR count). The van der Waals surface area contributed by atoms with Gasteiger partial charge in [0.25, 0.3) is 0 Å². The highest BCUT2D eigenvalue weighted by Gasteiger charge is 2.32. The Bertz CT molecular complexity index is 1320. The monoisotopic (exact) mass is 478 g/mol. The van der Waals surface area contributed by atoms with Crippen LogP contribution in [0.15, 0.2) is 47.6 Å². The molecule has 2 N–H and O–H groups in total. The summed E-state index contributed by atoms with van der Waals surface area (Å²) >= 11 is 0. The van der Waals surface area contributed by atoms with Crippen LogP contribution in [0.5, 0.6) is 5.75 Å². The minimum absolute atomic E-state index is 0.0397. The quantitative estimate of drug-likeness (QED) is 0.350. The van der Waals surface area contributed by atoms with E-state index in [-0.39, 0.29) is 23.3 Å². The SMILES string of the molecule is C=C(C(=O)O)C(C)Oc1ccc2nc3c(c(CC)c2c1)CN(C)/C3=C\C1=C(C=O)COC(=O)C1O. The predicted octanol–water partition coefficient (Wildman–Crippen LogP) is 2.40. The van der Waals surface area contributed by atoms with E-state index >= 15 is 0 Å². The van der Waals surface area contributed by atoms with E-state index in [4.69, 9.17) is 19.6 Å². The van der Waals surface area contributed by atoms with E-state index < -0.39 is 24.1 Å². The number of hydrogen-bond acceptors (Lipinski definition) is 8. The zero-order valence-corrected chi connectivity index (χ0v) is 19.7. The van der Waals surface area contributed by atoms with E-state index in [1.165, 1.54) is 0 Å². The third-order valence-electron chi connectivity index (χ3n) is 6.35. The van der Waals surface area contributed by atoms with Crippen LogP contribution in [-0.4, -0.2) is 64.2 Å². The Morgan fingerprint density at radius 2 is 2.17 bits per heavy atom. The summed E-state index contributed by atoms with van der Waals surface area (Å²) in [6, 6.07) is 5.38. The molecule has 9 heteroatoms. The molecule has 0 aliphatic carbocycles. The number of rotatable bonds is 7. The van der Waals surface area contributed by atoms with E-state index in [9.17, 15) is 19.5 Å². The molecule has 0 spiro atoms. The first-order valence-corrected chi connectivity index (χ1v) is 11.2. The maximum Gasteiger partial charge on any atom is 0.340 e. The van der Waals surface area contributed by atoms with Gasteiger partial charge in [-0.2, -0.15) is 0 Å². The van der Waals surface area contributed by atoms with Crippen LogP contribution in [0.3, 0.4) is 0 Å². The number of benzene rings is 1. The van der Waals surface area contributed by atoms with Gasteiger partial charge in [0.2, 0.25) is 0 Å². The number of carbonyl (C=O) groups is 3. The first-order valence-electron chi connectivity index (χ1n) is 11.2. The van der Waals surface area contributed by atoms with Crippen molar-refractivity contribution in [2.45, 2.75) is 39.0 Å². The highest BCUT2D eigenvalue weighted by molar-refractivity contribution is 5.92. The fourth-order valence-corrected chi connectivity index (χ4v) is 4.37. The number of aliphatic carboxylic acids is 1. The molecule has 182 valence electrons. The molecule has 9 nitrogen and oxygen atoms in total. The van der Waals surface area contributed by atoms with Crippen molar-refractivity contribution in [1.82, 2.24) is 9.88 Å². The van der Waals surface area contributed by atoms with Gasteiger partial charge in [0.15, 0.2) is 6.10 Å². The second-order valence-electron chi connectivity index (χ2n) is 8.53. The normalized spacial score (nSPS) is 19.5. The number of cyclic esters (lactones) is 1. The standard InChI is InChI=1S/C26H26N2O7/c1-5-17-19-8-16(35-14(3)13(2)25(31)32)6-7-21(19)27-23-20(17)10-28(4)22(23)9-18-15(11-29)12-34-26(33)24(18)30/h6-9,11,14,24,30H,2,5,10,12H2,1,3-4H3,(H,31,32)/b22-9-. The number of aliphatic hydroxyl groups excluding tert-OH is 1. The topological polar surface area (TPSA) is 126 Å². The van der Waals surface area contributed by atoms with Crippen LogP contribution in [-0.2, 0) is 32.1 Å². The molecule has 2 aliphatic heterocycles. The van der Waals surface area contributed by atoms with Crippen molar-refractivity contribution < 1.29 is 34.1 Å². The summed E-state index contributed by atoms with van der Waals surface area (Å²) in [5.41, 5.74) is 4.55. The van der Waals surface area contributed by atoms with Crippen molar-refractivity contribution in [2.75, 3.05) is 13.7 Å². The largest absolute Gasteiger partial charge is 0.486 e. The molecule has 0 saturated carbocycles. The minimum atomic E-state index is -1.54. The number of hydrogen-bond donors (Lipinski definition) is 2. The van der Waals surface area contributed by atoms with Crippen molar-refractivity contribution in [2.24, 2.45) is 0 Å². The Balaban J connectivity index is 1.81. The second kappa shape index (κ2) is 9.34. The Morgan fingerprint density at radius 3 is 2.83 bits per heavy atom. The fourth-order valence-electron chi connectivity index (χ4n) is 4.37. The Hall–Kier alpha value is -3.98. The van der Waals surface area contributed by atoms with Gasteiger partial charge in [0.05, 0.1) is 22.5 Å². The average molecular weight is 479 g/mol. The molecule has 35 heavy (non-hydrogen) atoms. The molecule has 2 unspecified atom stereocenters. The molecule has 0 amide bonds. The Kier molecular flexibility index (Phi) is 6.45. The first-order chi connectivity index (χ1) is 16.7. The van der Waals surface area contributed by atoms with Crippen molar-refractivity contribution >= 4 is 34.8 Å². The lowest BCUT2D eigenvalue weighted by molar-refractivity contribution is -0.152. The van der Waals surface area contributed by atoms with Gasteiger partial charge in [-0.25, -0.2) is 14.6 Å². The fraction of sp³-hybridized carbons (Fsp3) is 0.308. The van der Waals surface area contributed by atoms with Crippen LogP contribution in [0, 0.1) is 0 Å². The smallest absolute Gasteiger partial charge is 0.340 e. The van der Waals surface area contributed by atoms with Crippen molar-refractivity contribution in [3.05, 3.63) is 64.4 Å². The molecule has 0 bridgehead atoms. The number of fused-ring (bicyclic) bond motifs is 2. The summed E-state index contributed by atoms with van der Waals surface area (Å²) in [6.45, 7) is 7.59. The Morgan fingerprint density at radius 1 is 1.43 bits per heavy atom. The van der Waals surface area contributed by atoms with E-state index in [1.54, 1.807) is 25.1 Å². The maximum absolute atomic E-state index is 11.9. The van der Waals surface area contributed by atoms with Gasteiger partial charge in [-0.15, -0.1) is 0 Å². The van der Waals surface area contributed by atoms with Gasteiger partial charge < -0.3 is 24.6 Å². The summed E-state index contributed by atoms with van der Waals surface area (Å²) in [5, 5.41) is 20.4. The molecule has 3 heterocycles. The predicted molar refractivity (Wildman–Crippen MR) is 127 cm³/mol. The highest BCUT2D eigenvalue weighted by Crippen LogP contribution is 2.38. The highest BCUT2D eigenvalue weighted by atomic mass is 16.5. The molecular weight excluding hydrogens is 452 g/mol. The van der Waals surface area contributed by atoms with Crippen LogP contribution in [0.1, 0.15) is 30.7 Å². The molecule has 0 fully saturated rings. The number of carboxylic acids is 1. The third-order valence-corrected chi connectivity index (χ3v) is 6.35. The summed E-state index contributed by atoms with van der Waals surface area (Å²) in [5.74, 6) is -1.40. The van der Waals surface area contributed by atoms with E-state index in [0.29, 0.717) is 41.9 Å². The number of carbonyl (C=O) groups excluding carboxylic acids is 2. The summed E-state index contributed by atoms with van der Waals surface area (Å²) in [4.78, 5) is 41.4. The second-order valence-corrected chi connectivity index (χ2v) is 8.53. The van der Waals surface area contributed by atoms with E-state index in [1.807, 2.05) is 24.9 Å². The third kappa shape index (κ3) is 4.30. The number of pyridine rings is 1. The van der Waals surface area contributed by atoms with Gasteiger partial charge in [-0.1, -0.05) is 13.5 Å². The molecular formula is C26H26N2O7. The summed E-state index contributed by atoms with van der Waals surface area (Å²) in [7, 11) is 1.88. The van der Waals surface area contributed by atoms with Crippen LogP contribution in [0.25, 0.3) is 16.6 Å². The van der Waals surface area contributed by atoms with E-state index in [2.05, 4.69) is 6.58 Å². The maximum atomic E-state index is 11.9. The van der Waals surface area contributed by atoms with Crippen LogP contribution < -0.4 is 4.74 Å². The van der Waals surface area contributed by atoms with Crippen LogP contribution in [0.4, 0.5) is 0 Å². The van der Waals surface area contributed by atoms with E-state index in [0.717, 1.165) is 16.5 Å². The zero-order chi connectivity index (χ0) is 25.4. The van der Waals surface area contributed by atoms with Crippen LogP contribution >= 0.6 is 0 Å². The molecule has 2 aliphatic rings. The number of nitrogens with zero attached hydrogens (tertiary/aromatic N) is 2. The lowest BCUT2D eigenvalue weighted by Gasteiger charge is -2.21. The molecule has 2 atom stereocenters. The number of ether oxygens (including phenoxy) is 2. The van der Waals surface area contributed by atoms with Gasteiger partial charge >= 0.3 is 11.9 Å². The first kappa shape index (κ1) is 24.2. The molecule has 0 saturated heterocycles. The van der Waals surface area contributed by atoms with Gasteiger partial charge in [0, 0.05) is 35.7 Å². The van der Waals surface area contributed by atoms with Crippen LogP contribution in [0.2, 0.25) is 0 Å². The summed E-state index contributed by atoms with van der Waals surface area (Å²) in [6.07, 6.45) is 0.690. The molecule has 1 aromatic carbocycles. The lowest BCUT2D eigenvalue weighted by atomic mass is 9.97. The van der Waals surface area contributed by atoms with Gasteiger partial charge in [0.1, 0.15) is 24.7 Å². The molecule has 1 aromatic heterocycles. The van der Waals surface area contributed by atoms with Gasteiger partial charge in [-0.3, -0.25) is 4.79 Å². The zero-order valence-electron chi connectivity index (χ0n) is 19.7. The van der Waals surface area contributed by atoms with Crippen molar-refractivity contribution in [1.29, 1.82) is 0 Å². The minimum Gasteiger partial charge on any atom is -0.486 e. The summed E-state index contributed by atoms with van der Waals surface area (Å²) < 4.78 is 10.7. The van der Waals surface area contributed by atoms with Crippen molar-refractivity contribution in [3.63, 3.8) is 0 Å². The number of aromatic nitrogens is 1. The average Bonchev–Trinajstić information content (AvgIpc) is 3.14. The molecule has 0 radical (unpaired) electrons. The van der Waals surface area contributed by atoms with Gasteiger partial charge in [-0.05, 0) is 43.2 Å². The number of aliphatic hydroxyl groups is 1. The van der Waals surface area contributed by atoms with Crippen molar-refractivity contribution in [3.8, 4) is 5.75 Å². The molecule has 2 aromatic rings. The Labute approximate surface area is 202 Å². The number of aryl methyl sites for hydroxylation is 1. The lowest BCUT2D eigenvalue weighted by Crippen LogP contribution is -2.32. The number of carboxylic acid groups (broad SMARTS) is 1. The number of esters is 1.